The number of nitrogens with zero attached hydrogens (tertiary/aromatic N) is 2. The molecule has 0 fully saturated rings. The van der Waals surface area contributed by atoms with Crippen molar-refractivity contribution in [3.05, 3.63) is 72.9 Å². The van der Waals surface area contributed by atoms with Gasteiger partial charge in [0.25, 0.3) is 0 Å². The second-order valence-electron chi connectivity index (χ2n) is 12.2. The number of amidine groups is 1. The summed E-state index contributed by atoms with van der Waals surface area (Å²) in [5.41, 5.74) is 0. The quantitative estimate of drug-likeness (QED) is 0.125. The van der Waals surface area contributed by atoms with Crippen LogP contribution in [0.1, 0.15) is 85.5 Å². The van der Waals surface area contributed by atoms with E-state index in [1.165, 1.54) is 6.92 Å². The van der Waals surface area contributed by atoms with Gasteiger partial charge in [-0.2, -0.15) is 4.99 Å². The first-order chi connectivity index (χ1) is 22.6. The van der Waals surface area contributed by atoms with E-state index in [0.717, 1.165) is 38.5 Å². The maximum Gasteiger partial charge on any atom is 0.249 e. The number of carbonyl (C=O) groups is 3. The number of carbonyl (C=O) groups excluding carboxylic acids is 3. The van der Waals surface area contributed by atoms with Crippen LogP contribution in [0.4, 0.5) is 0 Å². The van der Waals surface area contributed by atoms with Crippen molar-refractivity contribution < 1.29 is 24.6 Å². The van der Waals surface area contributed by atoms with Gasteiger partial charge in [-0.25, -0.2) is 0 Å². The van der Waals surface area contributed by atoms with Gasteiger partial charge in [0.15, 0.2) is 0 Å². The Labute approximate surface area is 280 Å². The number of rotatable bonds is 19. The van der Waals surface area contributed by atoms with Crippen LogP contribution in [-0.2, 0) is 14.4 Å². The Morgan fingerprint density at radius 2 is 1.40 bits per heavy atom. The fourth-order valence-corrected chi connectivity index (χ4v) is 5.02. The van der Waals surface area contributed by atoms with E-state index in [-0.39, 0.29) is 42.5 Å². The number of hydrogen-bond acceptors (Lipinski definition) is 7. The van der Waals surface area contributed by atoms with Crippen LogP contribution < -0.4 is 16.0 Å². The van der Waals surface area contributed by atoms with Crippen LogP contribution in [0, 0.1) is 17.8 Å². The molecule has 0 saturated heterocycles. The molecule has 2 rings (SSSR count). The molecule has 258 valence electrons. The molecule has 2 aliphatic rings. The zero-order valence-electron chi connectivity index (χ0n) is 28.5. The Hall–Kier alpha value is -3.89. The molecule has 3 amide bonds. The number of aliphatic hydroxyl groups is 2. The average molecular weight is 650 g/mol. The summed E-state index contributed by atoms with van der Waals surface area (Å²) < 4.78 is 0. The zero-order chi connectivity index (χ0) is 34.4. The van der Waals surface area contributed by atoms with Crippen LogP contribution in [-0.4, -0.2) is 64.5 Å². The van der Waals surface area contributed by atoms with E-state index in [2.05, 4.69) is 93.6 Å². The van der Waals surface area contributed by atoms with Gasteiger partial charge in [0.2, 0.25) is 23.7 Å². The van der Waals surface area contributed by atoms with Crippen LogP contribution in [0.2, 0.25) is 0 Å². The lowest BCUT2D eigenvalue weighted by atomic mass is 9.84. The molecule has 5 atom stereocenters. The van der Waals surface area contributed by atoms with Gasteiger partial charge >= 0.3 is 0 Å². The minimum absolute atomic E-state index is 0.0394. The third kappa shape index (κ3) is 15.5. The van der Waals surface area contributed by atoms with Gasteiger partial charge in [-0.05, 0) is 64.2 Å². The molecule has 0 aromatic rings. The van der Waals surface area contributed by atoms with Crippen molar-refractivity contribution in [3.8, 4) is 0 Å². The van der Waals surface area contributed by atoms with Gasteiger partial charge in [-0.3, -0.25) is 30.0 Å². The summed E-state index contributed by atoms with van der Waals surface area (Å²) in [6.45, 7) is 7.50. The summed E-state index contributed by atoms with van der Waals surface area (Å²) in [5.74, 6) is -2.12. The van der Waals surface area contributed by atoms with E-state index in [1.54, 1.807) is 0 Å². The highest BCUT2D eigenvalue weighted by atomic mass is 16.3. The molecular weight excluding hydrogens is 594 g/mol. The third-order valence-corrected chi connectivity index (χ3v) is 7.74. The average Bonchev–Trinajstić information content (AvgIpc) is 3.04. The molecule has 47 heavy (non-hydrogen) atoms. The van der Waals surface area contributed by atoms with E-state index in [1.807, 2.05) is 26.0 Å². The van der Waals surface area contributed by atoms with Gasteiger partial charge in [0, 0.05) is 18.9 Å². The normalized spacial score (nSPS) is 20.7. The highest BCUT2D eigenvalue weighted by Gasteiger charge is 2.39. The largest absolute Gasteiger partial charge is 0.391 e. The first-order valence-corrected chi connectivity index (χ1v) is 16.9. The van der Waals surface area contributed by atoms with Crippen molar-refractivity contribution in [1.29, 1.82) is 0 Å². The van der Waals surface area contributed by atoms with Crippen LogP contribution >= 0.6 is 0 Å². The smallest absolute Gasteiger partial charge is 0.249 e. The summed E-state index contributed by atoms with van der Waals surface area (Å²) in [5, 5.41) is 27.9. The van der Waals surface area contributed by atoms with Crippen molar-refractivity contribution in [2.45, 2.75) is 104 Å². The molecule has 10 heteroatoms. The van der Waals surface area contributed by atoms with Gasteiger partial charge in [-0.1, -0.05) is 93.7 Å². The van der Waals surface area contributed by atoms with Crippen LogP contribution in [0.25, 0.3) is 0 Å². The van der Waals surface area contributed by atoms with Crippen LogP contribution in [0.3, 0.4) is 0 Å². The molecule has 0 bridgehead atoms. The lowest BCUT2D eigenvalue weighted by Crippen LogP contribution is -2.57. The standard InChI is InChI=1S/C37H55N5O5/c1-5-6-7-8-9-10-11-12-13-14-15-16-17-18-19-20-21-22-23-24-31(44)39-32(27(2)3)36(47)42-37-40-34-30(35(46)41-37)25-29(26-38-34)33(45)28(4)43/h6-7,9-10,12-13,15-16,18-19,21-22,27-30,32-33,43,45H,5,8,11,14,17,20,23-26H2,1-4H3,(H,39,44)(H2,38,40,41,42,46,47)/b7-6-,10-9-,13-12-,16-15-,19-18-,22-21-/t28-,29+,30?,32-,33-/m0/s1. The van der Waals surface area contributed by atoms with Gasteiger partial charge in [0.1, 0.15) is 11.9 Å². The van der Waals surface area contributed by atoms with Crippen LogP contribution in [0.15, 0.2) is 82.9 Å². The Balaban J connectivity index is 1.68. The highest BCUT2D eigenvalue weighted by molar-refractivity contribution is 6.19. The maximum atomic E-state index is 13.0. The van der Waals surface area contributed by atoms with Crippen molar-refractivity contribution in [2.75, 3.05) is 6.54 Å². The summed E-state index contributed by atoms with van der Waals surface area (Å²) in [7, 11) is 0. The number of nitrogens with one attached hydrogen (secondary N) is 3. The summed E-state index contributed by atoms with van der Waals surface area (Å²) in [6.07, 6.45) is 30.4. The van der Waals surface area contributed by atoms with Crippen LogP contribution in [0.5, 0.6) is 0 Å². The third-order valence-electron chi connectivity index (χ3n) is 7.74. The zero-order valence-corrected chi connectivity index (χ0v) is 28.5. The van der Waals surface area contributed by atoms with E-state index >= 15 is 0 Å². The summed E-state index contributed by atoms with van der Waals surface area (Å²) >= 11 is 0. The molecule has 0 spiro atoms. The van der Waals surface area contributed by atoms with E-state index in [4.69, 9.17) is 0 Å². The predicted molar refractivity (Wildman–Crippen MR) is 190 cm³/mol. The highest BCUT2D eigenvalue weighted by Crippen LogP contribution is 2.26. The maximum absolute atomic E-state index is 13.0. The monoisotopic (exact) mass is 649 g/mol. The Bertz CT molecular complexity index is 1240. The predicted octanol–water partition coefficient (Wildman–Crippen LogP) is 4.98. The fraction of sp³-hybridized carbons (Fsp3) is 0.541. The Kier molecular flexibility index (Phi) is 18.9. The Morgan fingerprint density at radius 1 is 0.872 bits per heavy atom. The lowest BCUT2D eigenvalue weighted by Gasteiger charge is -2.33. The van der Waals surface area contributed by atoms with E-state index in [0.29, 0.717) is 12.8 Å². The minimum atomic E-state index is -0.993. The van der Waals surface area contributed by atoms with Crippen molar-refractivity contribution >= 4 is 29.5 Å². The van der Waals surface area contributed by atoms with Gasteiger partial charge < -0.3 is 15.5 Å². The molecule has 5 N–H and O–H groups in total. The second-order valence-corrected chi connectivity index (χ2v) is 12.2. The number of fused-ring (bicyclic) bond motifs is 1. The molecule has 0 aromatic carbocycles. The molecule has 1 unspecified atom stereocenters. The number of amides is 3. The molecule has 0 aliphatic carbocycles. The van der Waals surface area contributed by atoms with Crippen molar-refractivity contribution in [3.63, 3.8) is 0 Å². The molecule has 0 radical (unpaired) electrons. The number of hydrogen-bond donors (Lipinski definition) is 5. The molecule has 0 aromatic heterocycles. The lowest BCUT2D eigenvalue weighted by molar-refractivity contribution is -0.129. The summed E-state index contributed by atoms with van der Waals surface area (Å²) in [4.78, 5) is 47.0. The molecule has 2 heterocycles. The Morgan fingerprint density at radius 3 is 1.91 bits per heavy atom. The van der Waals surface area contributed by atoms with Gasteiger partial charge in [-0.15, -0.1) is 0 Å². The van der Waals surface area contributed by atoms with Crippen molar-refractivity contribution in [1.82, 2.24) is 16.0 Å². The number of guanidine groups is 1. The number of aliphatic imine (C=N–C) groups is 2. The number of aliphatic hydroxyl groups excluding tert-OH is 2. The fourth-order valence-electron chi connectivity index (χ4n) is 5.02. The summed E-state index contributed by atoms with van der Waals surface area (Å²) in [6, 6.07) is -0.816. The number of allylic oxidation sites excluding steroid dienone is 12. The molecule has 0 saturated carbocycles. The topological polar surface area (TPSA) is 152 Å². The molecule has 10 nitrogen and oxygen atoms in total. The minimum Gasteiger partial charge on any atom is -0.391 e. The first kappa shape index (κ1) is 39.3. The molecule has 2 aliphatic heterocycles. The van der Waals surface area contributed by atoms with Crippen molar-refractivity contribution in [2.24, 2.45) is 27.7 Å². The van der Waals surface area contributed by atoms with E-state index < -0.39 is 36.0 Å². The second kappa shape index (κ2) is 22.6. The molecular formula is C37H55N5O5. The first-order valence-electron chi connectivity index (χ1n) is 16.9. The SMILES string of the molecule is CC/C=C\C/C=C\C/C=C\C/C=C\C/C=C\C/C=C\CCC(=O)N[C@H](C(=O)NC1=NC2=NC[C@H]([C@@H](O)[C@H](C)O)CC2C(=O)N1)C(C)C. The van der Waals surface area contributed by atoms with E-state index in [9.17, 15) is 24.6 Å². The van der Waals surface area contributed by atoms with Gasteiger partial charge in [0.05, 0.1) is 18.1 Å².